The normalized spacial score (nSPS) is 22.3. The van der Waals surface area contributed by atoms with Crippen molar-refractivity contribution >= 4 is 40.8 Å². The van der Waals surface area contributed by atoms with Gasteiger partial charge in [0, 0.05) is 5.02 Å². The van der Waals surface area contributed by atoms with Gasteiger partial charge >= 0.3 is 5.97 Å². The summed E-state index contributed by atoms with van der Waals surface area (Å²) in [6, 6.07) is 4.77. The second-order valence-corrected chi connectivity index (χ2v) is 5.79. The van der Waals surface area contributed by atoms with E-state index in [1.807, 2.05) is 0 Å². The van der Waals surface area contributed by atoms with Crippen LogP contribution in [0, 0.1) is 11.8 Å². The molecular formula is C14H15Cl2NO3. The Morgan fingerprint density at radius 2 is 1.80 bits per heavy atom. The van der Waals surface area contributed by atoms with Gasteiger partial charge in [-0.25, -0.2) is 0 Å². The van der Waals surface area contributed by atoms with Crippen LogP contribution < -0.4 is 5.32 Å². The fraction of sp³-hybridized carbons (Fsp3) is 0.429. The lowest BCUT2D eigenvalue weighted by atomic mass is 9.78. The minimum Gasteiger partial charge on any atom is -0.481 e. The molecule has 0 spiro atoms. The molecule has 1 fully saturated rings. The Morgan fingerprint density at radius 1 is 1.15 bits per heavy atom. The third-order valence-electron chi connectivity index (χ3n) is 3.61. The van der Waals surface area contributed by atoms with Crippen molar-refractivity contribution in [3.63, 3.8) is 0 Å². The number of halogens is 2. The van der Waals surface area contributed by atoms with Crippen molar-refractivity contribution in [1.82, 2.24) is 0 Å². The topological polar surface area (TPSA) is 66.4 Å². The molecule has 1 aliphatic rings. The number of aliphatic carboxylic acids is 1. The maximum absolute atomic E-state index is 12.3. The zero-order chi connectivity index (χ0) is 14.7. The fourth-order valence-electron chi connectivity index (χ4n) is 2.56. The summed E-state index contributed by atoms with van der Waals surface area (Å²) in [6.45, 7) is 0. The van der Waals surface area contributed by atoms with Gasteiger partial charge in [-0.3, -0.25) is 9.59 Å². The molecule has 1 aromatic rings. The summed E-state index contributed by atoms with van der Waals surface area (Å²) in [5.74, 6) is -2.36. The van der Waals surface area contributed by atoms with Gasteiger partial charge in [-0.1, -0.05) is 36.0 Å². The van der Waals surface area contributed by atoms with Crippen molar-refractivity contribution in [2.24, 2.45) is 11.8 Å². The van der Waals surface area contributed by atoms with E-state index in [9.17, 15) is 14.7 Å². The van der Waals surface area contributed by atoms with Gasteiger partial charge in [-0.15, -0.1) is 0 Å². The molecule has 1 amide bonds. The van der Waals surface area contributed by atoms with Crippen molar-refractivity contribution < 1.29 is 14.7 Å². The maximum Gasteiger partial charge on any atom is 0.307 e. The predicted molar refractivity (Wildman–Crippen MR) is 78.2 cm³/mol. The summed E-state index contributed by atoms with van der Waals surface area (Å²) in [6.07, 6.45) is 2.83. The first kappa shape index (κ1) is 15.1. The van der Waals surface area contributed by atoms with E-state index in [0.29, 0.717) is 28.6 Å². The molecule has 4 nitrogen and oxygen atoms in total. The first-order valence-corrected chi connectivity index (χ1v) is 7.23. The molecule has 2 atom stereocenters. The first-order valence-electron chi connectivity index (χ1n) is 6.48. The standard InChI is InChI=1S/C14H15Cl2NO3/c15-8-5-6-11(16)12(7-8)17-13(18)9-3-1-2-4-10(9)14(19)20/h5-7,9-10H,1-4H2,(H,17,18)(H,19,20)/t9-,10-/m0/s1. The van der Waals surface area contributed by atoms with Crippen LogP contribution in [0.5, 0.6) is 0 Å². The largest absolute Gasteiger partial charge is 0.481 e. The molecule has 0 bridgehead atoms. The summed E-state index contributed by atoms with van der Waals surface area (Å²) in [7, 11) is 0. The van der Waals surface area contributed by atoms with Gasteiger partial charge in [0.1, 0.15) is 0 Å². The van der Waals surface area contributed by atoms with Crippen LogP contribution in [0.3, 0.4) is 0 Å². The van der Waals surface area contributed by atoms with Crippen LogP contribution in [0.25, 0.3) is 0 Å². The highest BCUT2D eigenvalue weighted by Gasteiger charge is 2.35. The van der Waals surface area contributed by atoms with Gasteiger partial charge in [0.25, 0.3) is 0 Å². The van der Waals surface area contributed by atoms with Gasteiger partial charge in [-0.05, 0) is 31.0 Å². The van der Waals surface area contributed by atoms with E-state index in [0.717, 1.165) is 12.8 Å². The van der Waals surface area contributed by atoms with Crippen molar-refractivity contribution in [3.8, 4) is 0 Å². The molecule has 0 heterocycles. The van der Waals surface area contributed by atoms with Gasteiger partial charge in [0.05, 0.1) is 22.5 Å². The Bertz CT molecular complexity index is 533. The predicted octanol–water partition coefficient (Wildman–Crippen LogP) is 3.82. The highest BCUT2D eigenvalue weighted by Crippen LogP contribution is 2.32. The number of hydrogen-bond donors (Lipinski definition) is 2. The van der Waals surface area contributed by atoms with Crippen LogP contribution in [-0.4, -0.2) is 17.0 Å². The molecule has 1 aliphatic carbocycles. The van der Waals surface area contributed by atoms with Crippen LogP contribution in [0.4, 0.5) is 5.69 Å². The van der Waals surface area contributed by atoms with Gasteiger partial charge in [0.15, 0.2) is 0 Å². The number of carbonyl (C=O) groups is 2. The Morgan fingerprint density at radius 3 is 2.45 bits per heavy atom. The molecule has 0 aromatic heterocycles. The number of hydrogen-bond acceptors (Lipinski definition) is 2. The molecule has 6 heteroatoms. The van der Waals surface area contributed by atoms with Crippen molar-refractivity contribution in [2.75, 3.05) is 5.32 Å². The molecule has 1 aromatic carbocycles. The average Bonchev–Trinajstić information content (AvgIpc) is 2.42. The average molecular weight is 316 g/mol. The minimum absolute atomic E-state index is 0.304. The number of nitrogens with one attached hydrogen (secondary N) is 1. The van der Waals surface area contributed by atoms with E-state index in [4.69, 9.17) is 23.2 Å². The quantitative estimate of drug-likeness (QED) is 0.891. The molecule has 0 aliphatic heterocycles. The monoisotopic (exact) mass is 315 g/mol. The lowest BCUT2D eigenvalue weighted by molar-refractivity contribution is -0.147. The lowest BCUT2D eigenvalue weighted by Crippen LogP contribution is -2.36. The highest BCUT2D eigenvalue weighted by atomic mass is 35.5. The highest BCUT2D eigenvalue weighted by molar-refractivity contribution is 6.35. The number of carbonyl (C=O) groups excluding carboxylic acids is 1. The van der Waals surface area contributed by atoms with Crippen LogP contribution in [0.15, 0.2) is 18.2 Å². The van der Waals surface area contributed by atoms with Crippen LogP contribution in [0.1, 0.15) is 25.7 Å². The first-order chi connectivity index (χ1) is 9.49. The number of benzene rings is 1. The Hall–Kier alpha value is -1.26. The Kier molecular flexibility index (Phi) is 4.89. The fourth-order valence-corrected chi connectivity index (χ4v) is 2.90. The molecule has 2 N–H and O–H groups in total. The smallest absolute Gasteiger partial charge is 0.307 e. The molecule has 2 rings (SSSR count). The molecule has 0 saturated heterocycles. The van der Waals surface area contributed by atoms with E-state index < -0.39 is 17.8 Å². The van der Waals surface area contributed by atoms with Gasteiger partial charge in [-0.2, -0.15) is 0 Å². The van der Waals surface area contributed by atoms with Crippen LogP contribution in [-0.2, 0) is 9.59 Å². The van der Waals surface area contributed by atoms with E-state index in [2.05, 4.69) is 5.32 Å². The number of anilines is 1. The van der Waals surface area contributed by atoms with E-state index in [1.165, 1.54) is 0 Å². The molecule has 108 valence electrons. The van der Waals surface area contributed by atoms with Crippen molar-refractivity contribution in [1.29, 1.82) is 0 Å². The SMILES string of the molecule is O=C(O)[C@H]1CCCC[C@@H]1C(=O)Nc1cc(Cl)ccc1Cl. The zero-order valence-electron chi connectivity index (χ0n) is 10.7. The number of rotatable bonds is 3. The van der Waals surface area contributed by atoms with Gasteiger partial charge in [0.2, 0.25) is 5.91 Å². The summed E-state index contributed by atoms with van der Waals surface area (Å²) < 4.78 is 0. The van der Waals surface area contributed by atoms with E-state index in [-0.39, 0.29) is 5.91 Å². The van der Waals surface area contributed by atoms with Crippen molar-refractivity contribution in [3.05, 3.63) is 28.2 Å². The zero-order valence-corrected chi connectivity index (χ0v) is 12.2. The molecule has 1 saturated carbocycles. The second-order valence-electron chi connectivity index (χ2n) is 4.95. The van der Waals surface area contributed by atoms with E-state index in [1.54, 1.807) is 18.2 Å². The molecule has 0 radical (unpaired) electrons. The summed E-state index contributed by atoms with van der Waals surface area (Å²) in [5, 5.41) is 12.7. The Labute approximate surface area is 127 Å². The third kappa shape index (κ3) is 3.44. The third-order valence-corrected chi connectivity index (χ3v) is 4.17. The van der Waals surface area contributed by atoms with Crippen LogP contribution >= 0.6 is 23.2 Å². The summed E-state index contributed by atoms with van der Waals surface area (Å²) >= 11 is 11.8. The second kappa shape index (κ2) is 6.46. The number of amides is 1. The lowest BCUT2D eigenvalue weighted by Gasteiger charge is -2.27. The van der Waals surface area contributed by atoms with Crippen molar-refractivity contribution in [2.45, 2.75) is 25.7 Å². The number of carboxylic acid groups (broad SMARTS) is 1. The number of carboxylic acids is 1. The summed E-state index contributed by atoms with van der Waals surface area (Å²) in [5.41, 5.74) is 0.416. The maximum atomic E-state index is 12.3. The Balaban J connectivity index is 2.14. The summed E-state index contributed by atoms with van der Waals surface area (Å²) in [4.78, 5) is 23.5. The molecular weight excluding hydrogens is 301 g/mol. The minimum atomic E-state index is -0.915. The van der Waals surface area contributed by atoms with Crippen LogP contribution in [0.2, 0.25) is 10.0 Å². The molecule has 20 heavy (non-hydrogen) atoms. The van der Waals surface area contributed by atoms with Gasteiger partial charge < -0.3 is 10.4 Å². The molecule has 0 unspecified atom stereocenters. The van der Waals surface area contributed by atoms with E-state index >= 15 is 0 Å².